The second-order valence-corrected chi connectivity index (χ2v) is 6.12. The van der Waals surface area contributed by atoms with Crippen LogP contribution in [0.25, 0.3) is 0 Å². The fourth-order valence-corrected chi connectivity index (χ4v) is 2.84. The third kappa shape index (κ3) is 2.63. The Hall–Kier alpha value is -3.13. The van der Waals surface area contributed by atoms with Crippen LogP contribution in [0, 0.1) is 18.3 Å². The van der Waals surface area contributed by atoms with Gasteiger partial charge in [-0.1, -0.05) is 42.0 Å². The molecule has 5 heteroatoms. The lowest BCUT2D eigenvalue weighted by molar-refractivity contribution is -0.131. The number of benzene rings is 2. The van der Waals surface area contributed by atoms with Gasteiger partial charge in [0.25, 0.3) is 5.91 Å². The summed E-state index contributed by atoms with van der Waals surface area (Å²) < 4.78 is 0. The second kappa shape index (κ2) is 5.82. The molecule has 24 heavy (non-hydrogen) atoms. The van der Waals surface area contributed by atoms with E-state index in [1.165, 1.54) is 4.90 Å². The van der Waals surface area contributed by atoms with Gasteiger partial charge in [-0.3, -0.25) is 9.69 Å². The van der Waals surface area contributed by atoms with Gasteiger partial charge in [0, 0.05) is 0 Å². The van der Waals surface area contributed by atoms with Crippen LogP contribution in [0.15, 0.2) is 48.5 Å². The van der Waals surface area contributed by atoms with Gasteiger partial charge in [-0.25, -0.2) is 4.79 Å². The molecule has 1 atom stereocenters. The molecular weight excluding hydrogens is 302 g/mol. The molecule has 1 N–H and O–H groups in total. The zero-order valence-corrected chi connectivity index (χ0v) is 13.5. The highest BCUT2D eigenvalue weighted by molar-refractivity contribution is 6.07. The molecule has 0 radical (unpaired) electrons. The minimum absolute atomic E-state index is 0.141. The Bertz CT molecular complexity index is 852. The van der Waals surface area contributed by atoms with E-state index >= 15 is 0 Å². The quantitative estimate of drug-likeness (QED) is 0.884. The highest BCUT2D eigenvalue weighted by Crippen LogP contribution is 2.30. The summed E-state index contributed by atoms with van der Waals surface area (Å²) in [7, 11) is 0. The van der Waals surface area contributed by atoms with E-state index in [0.717, 1.165) is 16.7 Å². The zero-order chi connectivity index (χ0) is 17.3. The van der Waals surface area contributed by atoms with Crippen LogP contribution in [0.1, 0.15) is 29.2 Å². The van der Waals surface area contributed by atoms with Gasteiger partial charge in [0.05, 0.1) is 18.2 Å². The van der Waals surface area contributed by atoms with Gasteiger partial charge in [-0.15, -0.1) is 0 Å². The molecule has 0 bridgehead atoms. The molecule has 5 nitrogen and oxygen atoms in total. The smallest absolute Gasteiger partial charge is 0.319 e. The lowest BCUT2D eigenvalue weighted by Crippen LogP contribution is -2.40. The summed E-state index contributed by atoms with van der Waals surface area (Å²) in [6, 6.07) is 16.1. The van der Waals surface area contributed by atoms with E-state index in [-0.39, 0.29) is 12.5 Å². The van der Waals surface area contributed by atoms with Crippen molar-refractivity contribution in [1.29, 1.82) is 5.26 Å². The number of nitriles is 1. The Morgan fingerprint density at radius 1 is 1.17 bits per heavy atom. The summed E-state index contributed by atoms with van der Waals surface area (Å²) in [6.07, 6.45) is 0. The van der Waals surface area contributed by atoms with Gasteiger partial charge in [0.15, 0.2) is 0 Å². The van der Waals surface area contributed by atoms with Crippen molar-refractivity contribution in [2.45, 2.75) is 25.9 Å². The number of carbonyl (C=O) groups excluding carboxylic acids is 2. The number of rotatable bonds is 3. The van der Waals surface area contributed by atoms with E-state index in [1.54, 1.807) is 31.2 Å². The Morgan fingerprint density at radius 3 is 2.54 bits per heavy atom. The number of urea groups is 1. The van der Waals surface area contributed by atoms with Crippen LogP contribution in [0.4, 0.5) is 4.79 Å². The van der Waals surface area contributed by atoms with Gasteiger partial charge >= 0.3 is 6.03 Å². The molecule has 1 fully saturated rings. The van der Waals surface area contributed by atoms with Crippen molar-refractivity contribution in [1.82, 2.24) is 10.2 Å². The van der Waals surface area contributed by atoms with Crippen LogP contribution in [0.5, 0.6) is 0 Å². The zero-order valence-electron chi connectivity index (χ0n) is 13.5. The van der Waals surface area contributed by atoms with Crippen LogP contribution in [0.3, 0.4) is 0 Å². The van der Waals surface area contributed by atoms with Gasteiger partial charge in [0.2, 0.25) is 0 Å². The first-order valence-corrected chi connectivity index (χ1v) is 7.64. The SMILES string of the molecule is Cc1ccc(C2(C)NC(=O)N(Cc3cccc(C#N)c3)C2=O)cc1. The fraction of sp³-hybridized carbons (Fsp3) is 0.211. The minimum atomic E-state index is -1.07. The summed E-state index contributed by atoms with van der Waals surface area (Å²) in [6.45, 7) is 3.82. The average Bonchev–Trinajstić information content (AvgIpc) is 2.80. The van der Waals surface area contributed by atoms with Crippen molar-refractivity contribution in [2.24, 2.45) is 0 Å². The summed E-state index contributed by atoms with van der Waals surface area (Å²) >= 11 is 0. The molecule has 2 aromatic rings. The maximum Gasteiger partial charge on any atom is 0.325 e. The van der Waals surface area contributed by atoms with E-state index in [0.29, 0.717) is 5.56 Å². The Balaban J connectivity index is 1.88. The Labute approximate surface area is 140 Å². The summed E-state index contributed by atoms with van der Waals surface area (Å²) in [5.41, 5.74) is 2.01. The highest BCUT2D eigenvalue weighted by atomic mass is 16.2. The van der Waals surface area contributed by atoms with Gasteiger partial charge in [-0.05, 0) is 37.1 Å². The molecule has 0 saturated carbocycles. The minimum Gasteiger partial charge on any atom is -0.319 e. The molecule has 1 saturated heterocycles. The number of aryl methyl sites for hydroxylation is 1. The van der Waals surface area contributed by atoms with Crippen LogP contribution < -0.4 is 5.32 Å². The van der Waals surface area contributed by atoms with Crippen molar-refractivity contribution in [3.63, 3.8) is 0 Å². The van der Waals surface area contributed by atoms with E-state index in [9.17, 15) is 9.59 Å². The Morgan fingerprint density at radius 2 is 1.88 bits per heavy atom. The summed E-state index contributed by atoms with van der Waals surface area (Å²) in [5, 5.41) is 11.8. The van der Waals surface area contributed by atoms with Crippen molar-refractivity contribution in [3.8, 4) is 6.07 Å². The van der Waals surface area contributed by atoms with Gasteiger partial charge in [-0.2, -0.15) is 5.26 Å². The van der Waals surface area contributed by atoms with E-state index < -0.39 is 11.6 Å². The molecule has 0 aromatic heterocycles. The first-order valence-electron chi connectivity index (χ1n) is 7.64. The van der Waals surface area contributed by atoms with Crippen molar-refractivity contribution in [2.75, 3.05) is 0 Å². The lowest BCUT2D eigenvalue weighted by atomic mass is 9.91. The first kappa shape index (κ1) is 15.8. The van der Waals surface area contributed by atoms with Crippen LogP contribution in [-0.4, -0.2) is 16.8 Å². The highest BCUT2D eigenvalue weighted by Gasteiger charge is 2.48. The average molecular weight is 319 g/mol. The maximum absolute atomic E-state index is 12.9. The molecule has 1 heterocycles. The molecule has 1 unspecified atom stereocenters. The standard InChI is InChI=1S/C19H17N3O2/c1-13-6-8-16(9-7-13)19(2)17(23)22(18(24)21-19)12-15-5-3-4-14(10-15)11-20/h3-10H,12H2,1-2H3,(H,21,24). The van der Waals surface area contributed by atoms with Crippen molar-refractivity contribution >= 4 is 11.9 Å². The second-order valence-electron chi connectivity index (χ2n) is 6.12. The molecule has 0 spiro atoms. The predicted molar refractivity (Wildman–Crippen MR) is 88.8 cm³/mol. The number of nitrogens with one attached hydrogen (secondary N) is 1. The molecule has 1 aliphatic heterocycles. The molecule has 2 aromatic carbocycles. The molecule has 3 rings (SSSR count). The number of nitrogens with zero attached hydrogens (tertiary/aromatic N) is 2. The number of hydrogen-bond acceptors (Lipinski definition) is 3. The molecule has 0 aliphatic carbocycles. The van der Waals surface area contributed by atoms with Gasteiger partial charge < -0.3 is 5.32 Å². The fourth-order valence-electron chi connectivity index (χ4n) is 2.84. The van der Waals surface area contributed by atoms with E-state index in [1.807, 2.05) is 31.2 Å². The van der Waals surface area contributed by atoms with Gasteiger partial charge in [0.1, 0.15) is 5.54 Å². The van der Waals surface area contributed by atoms with E-state index in [2.05, 4.69) is 11.4 Å². The Kier molecular flexibility index (Phi) is 3.82. The number of carbonyl (C=O) groups is 2. The predicted octanol–water partition coefficient (Wildman–Crippen LogP) is 2.83. The monoisotopic (exact) mass is 319 g/mol. The van der Waals surface area contributed by atoms with Crippen LogP contribution >= 0.6 is 0 Å². The number of imide groups is 1. The summed E-state index contributed by atoms with van der Waals surface area (Å²) in [5.74, 6) is -0.293. The van der Waals surface area contributed by atoms with Crippen molar-refractivity contribution < 1.29 is 9.59 Å². The van der Waals surface area contributed by atoms with Crippen LogP contribution in [0.2, 0.25) is 0 Å². The summed E-state index contributed by atoms with van der Waals surface area (Å²) in [4.78, 5) is 26.4. The maximum atomic E-state index is 12.9. The molecular formula is C19H17N3O2. The molecule has 120 valence electrons. The largest absolute Gasteiger partial charge is 0.325 e. The molecule has 1 aliphatic rings. The number of amides is 3. The lowest BCUT2D eigenvalue weighted by Gasteiger charge is -2.22. The van der Waals surface area contributed by atoms with Crippen LogP contribution in [-0.2, 0) is 16.9 Å². The third-order valence-electron chi connectivity index (χ3n) is 4.30. The molecule has 3 amide bonds. The number of hydrogen-bond donors (Lipinski definition) is 1. The van der Waals surface area contributed by atoms with Crippen molar-refractivity contribution in [3.05, 3.63) is 70.8 Å². The first-order chi connectivity index (χ1) is 11.4. The topological polar surface area (TPSA) is 73.2 Å². The van der Waals surface area contributed by atoms with E-state index in [4.69, 9.17) is 5.26 Å². The normalized spacial score (nSPS) is 20.0. The third-order valence-corrected chi connectivity index (χ3v) is 4.30.